The van der Waals surface area contributed by atoms with Gasteiger partial charge in [-0.25, -0.2) is 0 Å². The highest BCUT2D eigenvalue weighted by Gasteiger charge is 2.59. The van der Waals surface area contributed by atoms with Crippen molar-refractivity contribution in [3.63, 3.8) is 0 Å². The second-order valence-corrected chi connectivity index (χ2v) is 8.25. The molecule has 0 saturated carbocycles. The van der Waals surface area contributed by atoms with E-state index in [9.17, 15) is 19.5 Å². The molecule has 0 aromatic heterocycles. The van der Waals surface area contributed by atoms with Crippen LogP contribution in [0.3, 0.4) is 0 Å². The van der Waals surface area contributed by atoms with Crippen molar-refractivity contribution in [2.24, 2.45) is 11.3 Å². The van der Waals surface area contributed by atoms with Crippen LogP contribution in [0, 0.1) is 11.3 Å². The van der Waals surface area contributed by atoms with Gasteiger partial charge in [-0.1, -0.05) is 12.1 Å². The van der Waals surface area contributed by atoms with Gasteiger partial charge in [-0.15, -0.1) is 0 Å². The monoisotopic (exact) mass is 386 g/mol. The number of Topliss-reactive ketones (excluding diaryl/α,β-unsaturated/α-hetero) is 1. The fraction of sp³-hybridized carbons (Fsp3) is 0.571. The molecule has 0 bridgehead atoms. The zero-order valence-electron chi connectivity index (χ0n) is 16.1. The van der Waals surface area contributed by atoms with E-state index < -0.39 is 11.4 Å². The van der Waals surface area contributed by atoms with E-state index in [1.165, 1.54) is 6.92 Å². The van der Waals surface area contributed by atoms with Crippen LogP contribution in [0.4, 0.5) is 0 Å². The molecule has 28 heavy (non-hydrogen) atoms. The number of hydrogen-bond donors (Lipinski definition) is 1. The van der Waals surface area contributed by atoms with E-state index in [2.05, 4.69) is 4.90 Å². The van der Waals surface area contributed by atoms with Crippen molar-refractivity contribution in [1.29, 1.82) is 0 Å². The first kappa shape index (κ1) is 19.1. The van der Waals surface area contributed by atoms with Gasteiger partial charge in [0.05, 0.1) is 0 Å². The summed E-state index contributed by atoms with van der Waals surface area (Å²) in [5, 5.41) is 10.0. The number of ketones is 1. The Labute approximate surface area is 164 Å². The summed E-state index contributed by atoms with van der Waals surface area (Å²) in [6.45, 7) is 4.76. The third-order valence-electron chi connectivity index (χ3n) is 6.57. The maximum Gasteiger partial charge on any atom is 0.313 e. The summed E-state index contributed by atoms with van der Waals surface area (Å²) in [4.78, 5) is 40.8. The van der Waals surface area contributed by atoms with Crippen molar-refractivity contribution < 1.29 is 24.2 Å². The third kappa shape index (κ3) is 3.22. The van der Waals surface area contributed by atoms with E-state index in [-0.39, 0.29) is 24.2 Å². The highest BCUT2D eigenvalue weighted by Crippen LogP contribution is 2.44. The van der Waals surface area contributed by atoms with Crippen LogP contribution in [0.1, 0.15) is 40.5 Å². The number of fused-ring (bicyclic) bond motifs is 1. The fourth-order valence-electron chi connectivity index (χ4n) is 4.94. The summed E-state index contributed by atoms with van der Waals surface area (Å²) < 4.78 is 5.43. The van der Waals surface area contributed by atoms with Crippen LogP contribution in [-0.4, -0.2) is 78.0 Å². The Morgan fingerprint density at radius 1 is 1.11 bits per heavy atom. The lowest BCUT2D eigenvalue weighted by atomic mass is 9.81. The zero-order valence-corrected chi connectivity index (χ0v) is 16.1. The quantitative estimate of drug-likeness (QED) is 0.790. The van der Waals surface area contributed by atoms with Crippen LogP contribution in [0.5, 0.6) is 0 Å². The van der Waals surface area contributed by atoms with Gasteiger partial charge in [0.2, 0.25) is 0 Å². The fourth-order valence-corrected chi connectivity index (χ4v) is 4.94. The third-order valence-corrected chi connectivity index (χ3v) is 6.57. The summed E-state index contributed by atoms with van der Waals surface area (Å²) in [7, 11) is 0. The van der Waals surface area contributed by atoms with Gasteiger partial charge in [-0.3, -0.25) is 19.3 Å². The minimum atomic E-state index is -0.911. The first-order valence-electron chi connectivity index (χ1n) is 9.86. The lowest BCUT2D eigenvalue weighted by molar-refractivity contribution is -0.148. The van der Waals surface area contributed by atoms with Crippen molar-refractivity contribution in [1.82, 2.24) is 9.80 Å². The summed E-state index contributed by atoms with van der Waals surface area (Å²) in [6, 6.07) is 7.03. The topological polar surface area (TPSA) is 87.2 Å². The maximum atomic E-state index is 13.0. The van der Waals surface area contributed by atoms with Crippen LogP contribution in [0.2, 0.25) is 0 Å². The number of benzene rings is 1. The van der Waals surface area contributed by atoms with Crippen LogP contribution in [0.15, 0.2) is 24.3 Å². The Kier molecular flexibility index (Phi) is 4.97. The summed E-state index contributed by atoms with van der Waals surface area (Å²) in [6.07, 6.45) is 1.87. The van der Waals surface area contributed by atoms with Crippen molar-refractivity contribution in [3.8, 4) is 0 Å². The van der Waals surface area contributed by atoms with Gasteiger partial charge in [0.1, 0.15) is 5.41 Å². The molecular formula is C21H26N2O5. The maximum absolute atomic E-state index is 13.0. The molecule has 3 fully saturated rings. The standard InChI is InChI=1S/C21H26N2O5/c1-14(24)15-3-2-4-16(9-15)19(25)23-11-17-10-22(18-5-7-28-8-6-18)12-21(17,13-23)20(26)27/h2-4,9,17-18H,5-8,10-13H2,1H3,(H,26,27)/t17-,21-/m1/s1. The zero-order chi connectivity index (χ0) is 19.9. The number of carboxylic acids is 1. The molecule has 2 atom stereocenters. The molecule has 1 aromatic rings. The molecular weight excluding hydrogens is 360 g/mol. The molecule has 0 unspecified atom stereocenters. The number of carboxylic acid groups (broad SMARTS) is 1. The van der Waals surface area contributed by atoms with E-state index in [1.54, 1.807) is 29.2 Å². The van der Waals surface area contributed by atoms with Crippen LogP contribution >= 0.6 is 0 Å². The molecule has 7 nitrogen and oxygen atoms in total. The number of carbonyl (C=O) groups is 3. The smallest absolute Gasteiger partial charge is 0.313 e. The second kappa shape index (κ2) is 7.29. The van der Waals surface area contributed by atoms with Gasteiger partial charge < -0.3 is 14.7 Å². The van der Waals surface area contributed by atoms with Crippen molar-refractivity contribution in [3.05, 3.63) is 35.4 Å². The SMILES string of the molecule is CC(=O)c1cccc(C(=O)N2C[C@H]3CN(C4CCOCC4)C[C@@]3(C(=O)O)C2)c1. The van der Waals surface area contributed by atoms with E-state index >= 15 is 0 Å². The number of rotatable bonds is 4. The van der Waals surface area contributed by atoms with Gasteiger partial charge in [-0.2, -0.15) is 0 Å². The predicted octanol–water partition coefficient (Wildman–Crippen LogP) is 1.53. The number of carbonyl (C=O) groups excluding carboxylic acids is 2. The molecule has 150 valence electrons. The Morgan fingerprint density at radius 3 is 2.46 bits per heavy atom. The normalized spacial score (nSPS) is 28.3. The largest absolute Gasteiger partial charge is 0.481 e. The highest BCUT2D eigenvalue weighted by molar-refractivity contribution is 6.00. The summed E-state index contributed by atoms with van der Waals surface area (Å²) in [5.41, 5.74) is 0.0185. The van der Waals surface area contributed by atoms with Gasteiger partial charge in [0.15, 0.2) is 5.78 Å². The molecule has 3 heterocycles. The minimum absolute atomic E-state index is 0.0761. The van der Waals surface area contributed by atoms with Gasteiger partial charge >= 0.3 is 5.97 Å². The molecule has 1 aromatic carbocycles. The Bertz CT molecular complexity index is 804. The Balaban J connectivity index is 1.52. The van der Waals surface area contributed by atoms with Gasteiger partial charge in [0.25, 0.3) is 5.91 Å². The molecule has 0 aliphatic carbocycles. The number of ether oxygens (including phenoxy) is 1. The lowest BCUT2D eigenvalue weighted by Crippen LogP contribution is -2.45. The van der Waals surface area contributed by atoms with Crippen molar-refractivity contribution in [2.75, 3.05) is 39.4 Å². The van der Waals surface area contributed by atoms with Gasteiger partial charge in [-0.05, 0) is 31.9 Å². The van der Waals surface area contributed by atoms with Crippen LogP contribution in [-0.2, 0) is 9.53 Å². The van der Waals surface area contributed by atoms with Crippen LogP contribution < -0.4 is 0 Å². The van der Waals surface area contributed by atoms with E-state index in [4.69, 9.17) is 4.74 Å². The molecule has 3 saturated heterocycles. The summed E-state index contributed by atoms with van der Waals surface area (Å²) >= 11 is 0. The molecule has 4 rings (SSSR count). The molecule has 3 aliphatic rings. The Hall–Kier alpha value is -2.25. The number of amides is 1. The minimum Gasteiger partial charge on any atom is -0.481 e. The average Bonchev–Trinajstić information content (AvgIpc) is 3.24. The first-order chi connectivity index (χ1) is 13.4. The second-order valence-electron chi connectivity index (χ2n) is 8.25. The number of nitrogens with zero attached hydrogens (tertiary/aromatic N) is 2. The van der Waals surface area contributed by atoms with Crippen molar-refractivity contribution in [2.45, 2.75) is 25.8 Å². The molecule has 3 aliphatic heterocycles. The van der Waals surface area contributed by atoms with Crippen molar-refractivity contribution >= 4 is 17.7 Å². The lowest BCUT2D eigenvalue weighted by Gasteiger charge is -2.33. The molecule has 0 radical (unpaired) electrons. The van der Waals surface area contributed by atoms with E-state index in [0.29, 0.717) is 36.8 Å². The molecule has 1 amide bonds. The number of aliphatic carboxylic acids is 1. The highest BCUT2D eigenvalue weighted by atomic mass is 16.5. The molecule has 0 spiro atoms. The molecule has 7 heteroatoms. The first-order valence-corrected chi connectivity index (χ1v) is 9.86. The van der Waals surface area contributed by atoms with Crippen LogP contribution in [0.25, 0.3) is 0 Å². The average molecular weight is 386 g/mol. The van der Waals surface area contributed by atoms with Gasteiger partial charge in [0, 0.05) is 62.5 Å². The molecule has 1 N–H and O–H groups in total. The van der Waals surface area contributed by atoms with E-state index in [0.717, 1.165) is 26.1 Å². The summed E-state index contributed by atoms with van der Waals surface area (Å²) in [5.74, 6) is -1.19. The number of hydrogen-bond acceptors (Lipinski definition) is 5. The Morgan fingerprint density at radius 2 is 1.82 bits per heavy atom. The predicted molar refractivity (Wildman–Crippen MR) is 101 cm³/mol. The van der Waals surface area contributed by atoms with E-state index in [1.807, 2.05) is 0 Å². The number of likely N-dealkylation sites (tertiary alicyclic amines) is 2.